The topological polar surface area (TPSA) is 143 Å². The Bertz CT molecular complexity index is 1140. The quantitative estimate of drug-likeness (QED) is 0.521. The molecule has 0 radical (unpaired) electrons. The third kappa shape index (κ3) is 7.29. The molecule has 3 heterocycles. The molecule has 5 N–H and O–H groups in total. The van der Waals surface area contributed by atoms with E-state index in [1.165, 1.54) is 4.57 Å². The highest BCUT2D eigenvalue weighted by Crippen LogP contribution is 2.15. The van der Waals surface area contributed by atoms with Gasteiger partial charge < -0.3 is 21.3 Å². The monoisotopic (exact) mass is 532 g/mol. The largest absolute Gasteiger partial charge is 0.354 e. The fraction of sp³-hybridized carbons (Fsp3) is 0.520. The van der Waals surface area contributed by atoms with E-state index in [2.05, 4.69) is 15.2 Å². The molecule has 2 aliphatic heterocycles. The number of nitrogens with two attached hydrogens (primary N) is 2. The second-order valence-electron chi connectivity index (χ2n) is 10.2. The number of benzene rings is 1. The van der Waals surface area contributed by atoms with Crippen LogP contribution in [0.4, 0.5) is 10.6 Å². The highest BCUT2D eigenvalue weighted by Gasteiger charge is 2.31. The van der Waals surface area contributed by atoms with Gasteiger partial charge in [0.2, 0.25) is 5.91 Å². The van der Waals surface area contributed by atoms with E-state index in [0.717, 1.165) is 38.0 Å². The van der Waals surface area contributed by atoms with E-state index in [4.69, 9.17) is 11.5 Å². The number of urea groups is 1. The number of hydrogen-bond donors (Lipinski definition) is 3. The molecule has 12 heteroatoms. The predicted octanol–water partition coefficient (Wildman–Crippen LogP) is 0.991. The van der Waals surface area contributed by atoms with Gasteiger partial charge in [-0.2, -0.15) is 4.98 Å². The average Bonchev–Trinajstić information content (AvgIpc) is 2.84. The van der Waals surface area contributed by atoms with Crippen LogP contribution < -0.4 is 22.5 Å². The second kappa shape index (κ2) is 12.0. The molecule has 1 aromatic heterocycles. The number of piperazine rings is 1. The number of amides is 3. The molecule has 1 atom stereocenters. The number of nitrogens with one attached hydrogen (secondary N) is 1. The summed E-state index contributed by atoms with van der Waals surface area (Å²) in [6.07, 6.45) is 3.79. The lowest BCUT2D eigenvalue weighted by atomic mass is 10.1. The van der Waals surface area contributed by atoms with E-state index in [0.29, 0.717) is 31.9 Å². The standard InChI is InChI=1S/C25H36N8O3.ClH/c1-25(2,27)22(34)31-12-14-32(15-13-31)23(35)28-21-9-11-33(24(36)29-21)20-7-5-18(6-8-20)16-30-10-3-4-19(26)17-30;/h5-9,11,19H,3-4,10,12-17,26-27H2,1-2H3,(H,28,29,35,36);1H/t19-;/m0./s1. The van der Waals surface area contributed by atoms with Crippen molar-refractivity contribution in [1.29, 1.82) is 0 Å². The summed E-state index contributed by atoms with van der Waals surface area (Å²) in [5.74, 6) is 0.0393. The lowest BCUT2D eigenvalue weighted by molar-refractivity contribution is -0.137. The molecule has 202 valence electrons. The molecule has 0 unspecified atom stereocenters. The molecule has 2 aromatic rings. The van der Waals surface area contributed by atoms with Gasteiger partial charge in [0.15, 0.2) is 0 Å². The lowest BCUT2D eigenvalue weighted by Gasteiger charge is -2.37. The van der Waals surface area contributed by atoms with Crippen molar-refractivity contribution < 1.29 is 9.59 Å². The molecule has 0 spiro atoms. The minimum absolute atomic E-state index is 0. The predicted molar refractivity (Wildman–Crippen MR) is 145 cm³/mol. The number of aromatic nitrogens is 2. The Balaban J connectivity index is 0.00000380. The summed E-state index contributed by atoms with van der Waals surface area (Å²) < 4.78 is 1.44. The molecule has 11 nitrogen and oxygen atoms in total. The first-order valence-electron chi connectivity index (χ1n) is 12.4. The summed E-state index contributed by atoms with van der Waals surface area (Å²) in [6, 6.07) is 9.27. The van der Waals surface area contributed by atoms with Gasteiger partial charge in [-0.05, 0) is 57.0 Å². The highest BCUT2D eigenvalue weighted by molar-refractivity contribution is 5.89. The number of anilines is 1. The summed E-state index contributed by atoms with van der Waals surface area (Å²) >= 11 is 0. The molecule has 4 rings (SSSR count). The first-order chi connectivity index (χ1) is 17.1. The van der Waals surface area contributed by atoms with E-state index >= 15 is 0 Å². The van der Waals surface area contributed by atoms with Crippen LogP contribution in [-0.2, 0) is 11.3 Å². The molecule has 2 aliphatic rings. The van der Waals surface area contributed by atoms with Crippen LogP contribution >= 0.6 is 12.4 Å². The zero-order valence-electron chi connectivity index (χ0n) is 21.4. The first kappa shape index (κ1) is 28.6. The van der Waals surface area contributed by atoms with Crippen molar-refractivity contribution in [2.24, 2.45) is 11.5 Å². The van der Waals surface area contributed by atoms with Crippen LogP contribution in [0.5, 0.6) is 0 Å². The van der Waals surface area contributed by atoms with Crippen molar-refractivity contribution in [3.8, 4) is 5.69 Å². The SMILES string of the molecule is CC(C)(N)C(=O)N1CCN(C(=O)Nc2ccn(-c3ccc(CN4CCC[C@H](N)C4)cc3)c(=O)n2)CC1.Cl. The maximum absolute atomic E-state index is 12.7. The number of halogens is 1. The van der Waals surface area contributed by atoms with Crippen molar-refractivity contribution in [3.63, 3.8) is 0 Å². The zero-order chi connectivity index (χ0) is 25.9. The zero-order valence-corrected chi connectivity index (χ0v) is 22.2. The molecule has 0 aliphatic carbocycles. The van der Waals surface area contributed by atoms with Crippen LogP contribution in [0.25, 0.3) is 5.69 Å². The van der Waals surface area contributed by atoms with Crippen LogP contribution in [-0.4, -0.2) is 87.0 Å². The number of nitrogens with zero attached hydrogens (tertiary/aromatic N) is 5. The van der Waals surface area contributed by atoms with Crippen LogP contribution in [0.15, 0.2) is 41.3 Å². The van der Waals surface area contributed by atoms with Crippen LogP contribution in [0, 0.1) is 0 Å². The highest BCUT2D eigenvalue weighted by atomic mass is 35.5. The Morgan fingerprint density at radius 2 is 1.70 bits per heavy atom. The smallest absolute Gasteiger partial charge is 0.338 e. The maximum Gasteiger partial charge on any atom is 0.354 e. The number of rotatable bonds is 5. The van der Waals surface area contributed by atoms with Gasteiger partial charge in [-0.25, -0.2) is 9.59 Å². The Morgan fingerprint density at radius 3 is 2.30 bits per heavy atom. The summed E-state index contributed by atoms with van der Waals surface area (Å²) in [6.45, 7) is 7.68. The van der Waals surface area contributed by atoms with Crippen molar-refractivity contribution in [2.45, 2.75) is 44.8 Å². The van der Waals surface area contributed by atoms with Gasteiger partial charge in [0.1, 0.15) is 5.82 Å². The maximum atomic E-state index is 12.7. The summed E-state index contributed by atoms with van der Waals surface area (Å²) in [5, 5.41) is 2.68. The van der Waals surface area contributed by atoms with Crippen LogP contribution in [0.3, 0.4) is 0 Å². The molecular formula is C25H37ClN8O3. The Hall–Kier alpha value is -2.99. The number of carbonyl (C=O) groups is 2. The van der Waals surface area contributed by atoms with E-state index in [1.807, 2.05) is 24.3 Å². The number of piperidine rings is 1. The summed E-state index contributed by atoms with van der Waals surface area (Å²) in [5.41, 5.74) is 12.4. The fourth-order valence-electron chi connectivity index (χ4n) is 4.63. The molecule has 3 amide bonds. The number of likely N-dealkylation sites (tertiary alicyclic amines) is 1. The van der Waals surface area contributed by atoms with Crippen molar-refractivity contribution in [1.82, 2.24) is 24.3 Å². The van der Waals surface area contributed by atoms with Crippen LogP contribution in [0.2, 0.25) is 0 Å². The molecule has 0 bridgehead atoms. The Labute approximate surface area is 223 Å². The first-order valence-corrected chi connectivity index (χ1v) is 12.4. The van der Waals surface area contributed by atoms with E-state index in [1.54, 1.807) is 35.9 Å². The second-order valence-corrected chi connectivity index (χ2v) is 10.2. The average molecular weight is 533 g/mol. The van der Waals surface area contributed by atoms with Gasteiger partial charge in [-0.1, -0.05) is 12.1 Å². The van der Waals surface area contributed by atoms with Gasteiger partial charge in [-0.3, -0.25) is 19.6 Å². The van der Waals surface area contributed by atoms with Gasteiger partial charge in [0, 0.05) is 51.5 Å². The minimum atomic E-state index is -0.944. The molecule has 0 saturated carbocycles. The normalized spacial score (nSPS) is 18.8. The van der Waals surface area contributed by atoms with E-state index < -0.39 is 11.2 Å². The number of hydrogen-bond acceptors (Lipinski definition) is 7. The van der Waals surface area contributed by atoms with Gasteiger partial charge in [0.25, 0.3) is 0 Å². The molecule has 37 heavy (non-hydrogen) atoms. The lowest BCUT2D eigenvalue weighted by Crippen LogP contribution is -2.58. The van der Waals surface area contributed by atoms with E-state index in [9.17, 15) is 14.4 Å². The molecule has 2 saturated heterocycles. The Kier molecular flexibility index (Phi) is 9.30. The third-order valence-electron chi connectivity index (χ3n) is 6.61. The fourth-order valence-corrected chi connectivity index (χ4v) is 4.63. The van der Waals surface area contributed by atoms with Gasteiger partial charge >= 0.3 is 11.7 Å². The van der Waals surface area contributed by atoms with Crippen molar-refractivity contribution >= 4 is 30.2 Å². The van der Waals surface area contributed by atoms with Crippen molar-refractivity contribution in [2.75, 3.05) is 44.6 Å². The molecular weight excluding hydrogens is 496 g/mol. The molecule has 1 aromatic carbocycles. The third-order valence-corrected chi connectivity index (χ3v) is 6.61. The van der Waals surface area contributed by atoms with Crippen LogP contribution in [0.1, 0.15) is 32.3 Å². The minimum Gasteiger partial charge on any atom is -0.338 e. The van der Waals surface area contributed by atoms with E-state index in [-0.39, 0.29) is 36.2 Å². The summed E-state index contributed by atoms with van der Waals surface area (Å²) in [4.78, 5) is 47.3. The number of carbonyl (C=O) groups excluding carboxylic acids is 2. The van der Waals surface area contributed by atoms with Gasteiger partial charge in [-0.15, -0.1) is 12.4 Å². The van der Waals surface area contributed by atoms with Crippen molar-refractivity contribution in [3.05, 3.63) is 52.6 Å². The summed E-state index contributed by atoms with van der Waals surface area (Å²) in [7, 11) is 0. The Morgan fingerprint density at radius 1 is 1.05 bits per heavy atom. The molecule has 2 fully saturated rings. The van der Waals surface area contributed by atoms with Gasteiger partial charge in [0.05, 0.1) is 11.2 Å².